The third-order valence-electron chi connectivity index (χ3n) is 4.11. The first kappa shape index (κ1) is 21.3. The monoisotopic (exact) mass is 485 g/mol. The van der Waals surface area contributed by atoms with E-state index < -0.39 is 0 Å². The van der Waals surface area contributed by atoms with Gasteiger partial charge in [0.15, 0.2) is 17.5 Å². The zero-order chi connectivity index (χ0) is 18.2. The Morgan fingerprint density at radius 3 is 2.93 bits per heavy atom. The maximum atomic E-state index is 5.43. The zero-order valence-corrected chi connectivity index (χ0v) is 18.2. The van der Waals surface area contributed by atoms with Crippen LogP contribution in [0.4, 0.5) is 0 Å². The van der Waals surface area contributed by atoms with E-state index in [0.717, 1.165) is 50.1 Å². The predicted octanol–water partition coefficient (Wildman–Crippen LogP) is 2.66. The molecule has 0 amide bonds. The van der Waals surface area contributed by atoms with Crippen LogP contribution >= 0.6 is 24.0 Å². The molecule has 7 nitrogen and oxygen atoms in total. The number of aromatic nitrogens is 2. The topological polar surface area (TPSA) is 72.7 Å². The van der Waals surface area contributed by atoms with Gasteiger partial charge in [-0.05, 0) is 43.0 Å². The molecule has 0 saturated carbocycles. The van der Waals surface area contributed by atoms with E-state index in [1.165, 1.54) is 5.56 Å². The molecule has 0 radical (unpaired) electrons. The molecule has 148 valence electrons. The summed E-state index contributed by atoms with van der Waals surface area (Å²) in [6, 6.07) is 8.03. The summed E-state index contributed by atoms with van der Waals surface area (Å²) < 4.78 is 12.7. The lowest BCUT2D eigenvalue weighted by atomic mass is 10.1. The van der Waals surface area contributed by atoms with E-state index in [4.69, 9.17) is 14.5 Å². The number of hydrogen-bond donors (Lipinski definition) is 2. The van der Waals surface area contributed by atoms with Crippen LogP contribution in [-0.2, 0) is 13.0 Å². The molecule has 8 heteroatoms. The van der Waals surface area contributed by atoms with E-state index in [-0.39, 0.29) is 24.0 Å². The lowest BCUT2D eigenvalue weighted by molar-refractivity contribution is 0.174. The lowest BCUT2D eigenvalue weighted by Crippen LogP contribution is -2.38. The largest absolute Gasteiger partial charge is 0.454 e. The van der Waals surface area contributed by atoms with Crippen molar-refractivity contribution < 1.29 is 9.47 Å². The summed E-state index contributed by atoms with van der Waals surface area (Å²) in [5.41, 5.74) is 1.21. The molecule has 0 fully saturated rings. The maximum absolute atomic E-state index is 5.43. The Hall–Kier alpha value is -1.97. The molecule has 2 heterocycles. The summed E-state index contributed by atoms with van der Waals surface area (Å²) >= 11 is 0. The maximum Gasteiger partial charge on any atom is 0.231 e. The van der Waals surface area contributed by atoms with Gasteiger partial charge in [0.1, 0.15) is 0 Å². The van der Waals surface area contributed by atoms with E-state index in [2.05, 4.69) is 35.6 Å². The molecule has 2 aromatic rings. The average Bonchev–Trinajstić information content (AvgIpc) is 3.30. The van der Waals surface area contributed by atoms with Crippen molar-refractivity contribution in [3.63, 3.8) is 0 Å². The average molecular weight is 485 g/mol. The minimum absolute atomic E-state index is 0. The first-order valence-corrected chi connectivity index (χ1v) is 9.12. The Bertz CT molecular complexity index is 721. The van der Waals surface area contributed by atoms with Gasteiger partial charge in [-0.25, -0.2) is 0 Å². The lowest BCUT2D eigenvalue weighted by Gasteiger charge is -2.14. The molecule has 0 aliphatic carbocycles. The van der Waals surface area contributed by atoms with Gasteiger partial charge < -0.3 is 20.1 Å². The second-order valence-corrected chi connectivity index (χ2v) is 6.42. The van der Waals surface area contributed by atoms with Crippen molar-refractivity contribution in [2.24, 2.45) is 10.9 Å². The third kappa shape index (κ3) is 6.60. The normalized spacial score (nSPS) is 13.8. The number of aliphatic imine (C=N–C) groups is 1. The van der Waals surface area contributed by atoms with Crippen LogP contribution in [-0.4, -0.2) is 42.2 Å². The van der Waals surface area contributed by atoms with Gasteiger partial charge in [-0.1, -0.05) is 13.0 Å². The Balaban J connectivity index is 0.00000261. The molecule has 1 atom stereocenters. The van der Waals surface area contributed by atoms with E-state index >= 15 is 0 Å². The molecule has 0 spiro atoms. The van der Waals surface area contributed by atoms with E-state index in [1.54, 1.807) is 6.20 Å². The number of benzene rings is 1. The number of rotatable bonds is 8. The Labute approximate surface area is 177 Å². The fourth-order valence-electron chi connectivity index (χ4n) is 2.80. The Kier molecular flexibility index (Phi) is 8.70. The number of ether oxygens (including phenoxy) is 2. The number of nitrogens with zero attached hydrogens (tertiary/aromatic N) is 3. The number of halogens is 1. The van der Waals surface area contributed by atoms with Gasteiger partial charge in [-0.3, -0.25) is 9.67 Å². The quantitative estimate of drug-likeness (QED) is 0.342. The Morgan fingerprint density at radius 1 is 1.30 bits per heavy atom. The summed E-state index contributed by atoms with van der Waals surface area (Å²) in [7, 11) is 0. The molecule has 1 aromatic carbocycles. The van der Waals surface area contributed by atoms with Crippen molar-refractivity contribution in [3.8, 4) is 11.5 Å². The van der Waals surface area contributed by atoms with Crippen LogP contribution in [0.3, 0.4) is 0 Å². The van der Waals surface area contributed by atoms with Gasteiger partial charge in [0.05, 0.1) is 0 Å². The molecular formula is C19H28IN5O2. The molecule has 0 saturated heterocycles. The van der Waals surface area contributed by atoms with Crippen molar-refractivity contribution >= 4 is 29.9 Å². The van der Waals surface area contributed by atoms with Gasteiger partial charge in [0.25, 0.3) is 0 Å². The predicted molar refractivity (Wildman–Crippen MR) is 117 cm³/mol. The van der Waals surface area contributed by atoms with Gasteiger partial charge in [0, 0.05) is 38.6 Å². The number of guanidine groups is 1. The van der Waals surface area contributed by atoms with Crippen molar-refractivity contribution in [2.75, 3.05) is 26.4 Å². The minimum atomic E-state index is 0. The molecule has 1 unspecified atom stereocenters. The van der Waals surface area contributed by atoms with Crippen LogP contribution in [0.1, 0.15) is 19.4 Å². The first-order chi connectivity index (χ1) is 12.7. The highest BCUT2D eigenvalue weighted by molar-refractivity contribution is 14.0. The summed E-state index contributed by atoms with van der Waals surface area (Å²) in [6.07, 6.45) is 4.68. The fraction of sp³-hybridized carbons (Fsp3) is 0.474. The van der Waals surface area contributed by atoms with Crippen LogP contribution in [0.5, 0.6) is 11.5 Å². The van der Waals surface area contributed by atoms with Crippen molar-refractivity contribution in [1.29, 1.82) is 0 Å². The van der Waals surface area contributed by atoms with E-state index in [1.807, 2.05) is 29.1 Å². The van der Waals surface area contributed by atoms with Crippen LogP contribution in [0.2, 0.25) is 0 Å². The second-order valence-electron chi connectivity index (χ2n) is 6.42. The van der Waals surface area contributed by atoms with E-state index in [0.29, 0.717) is 12.7 Å². The highest BCUT2D eigenvalue weighted by Gasteiger charge is 2.13. The molecule has 27 heavy (non-hydrogen) atoms. The van der Waals surface area contributed by atoms with Gasteiger partial charge in [0.2, 0.25) is 6.79 Å². The molecule has 2 N–H and O–H groups in total. The van der Waals surface area contributed by atoms with Crippen LogP contribution < -0.4 is 20.1 Å². The standard InChI is InChI=1S/C19H27N5O2.HI/c1-3-20-19(22-12-15(2)13-24-10-4-8-23-24)21-9-7-16-5-6-17-18(11-16)26-14-25-17;/h4-6,8,10-11,15H,3,7,9,12-14H2,1-2H3,(H2,20,21,22);1H. The van der Waals surface area contributed by atoms with Gasteiger partial charge in [-0.15, -0.1) is 24.0 Å². The first-order valence-electron chi connectivity index (χ1n) is 9.12. The number of nitrogens with one attached hydrogen (secondary N) is 2. The third-order valence-corrected chi connectivity index (χ3v) is 4.11. The minimum Gasteiger partial charge on any atom is -0.454 e. The number of fused-ring (bicyclic) bond motifs is 1. The second kappa shape index (κ2) is 11.0. The Morgan fingerprint density at radius 2 is 2.15 bits per heavy atom. The van der Waals surface area contributed by atoms with Crippen molar-refractivity contribution in [3.05, 3.63) is 42.2 Å². The molecule has 1 aliphatic heterocycles. The molecule has 1 aromatic heterocycles. The summed E-state index contributed by atoms with van der Waals surface area (Å²) in [5.74, 6) is 2.91. The van der Waals surface area contributed by atoms with Crippen molar-refractivity contribution in [1.82, 2.24) is 20.4 Å². The SMILES string of the molecule is CCNC(=NCC(C)Cn1cccn1)NCCc1ccc2c(c1)OCO2.I. The zero-order valence-electron chi connectivity index (χ0n) is 15.9. The summed E-state index contributed by atoms with van der Waals surface area (Å²) in [5, 5.41) is 10.9. The number of hydrogen-bond acceptors (Lipinski definition) is 4. The van der Waals surface area contributed by atoms with E-state index in [9.17, 15) is 0 Å². The smallest absolute Gasteiger partial charge is 0.231 e. The molecule has 1 aliphatic rings. The highest BCUT2D eigenvalue weighted by Crippen LogP contribution is 2.32. The fourth-order valence-corrected chi connectivity index (χ4v) is 2.80. The highest BCUT2D eigenvalue weighted by atomic mass is 127. The summed E-state index contributed by atoms with van der Waals surface area (Å²) in [4.78, 5) is 4.69. The van der Waals surface area contributed by atoms with Crippen LogP contribution in [0.15, 0.2) is 41.7 Å². The van der Waals surface area contributed by atoms with Crippen LogP contribution in [0, 0.1) is 5.92 Å². The molecule has 3 rings (SSSR count). The summed E-state index contributed by atoms with van der Waals surface area (Å²) in [6.45, 7) is 7.82. The van der Waals surface area contributed by atoms with Crippen molar-refractivity contribution in [2.45, 2.75) is 26.8 Å². The van der Waals surface area contributed by atoms with Crippen LogP contribution in [0.25, 0.3) is 0 Å². The molecule has 0 bridgehead atoms. The van der Waals surface area contributed by atoms with Gasteiger partial charge >= 0.3 is 0 Å². The molecular weight excluding hydrogens is 457 g/mol. The van der Waals surface area contributed by atoms with Gasteiger partial charge in [-0.2, -0.15) is 5.10 Å².